The van der Waals surface area contributed by atoms with Crippen LogP contribution in [0.3, 0.4) is 0 Å². The number of carbonyl (C=O) groups is 2. The number of fused-ring (bicyclic) bond motifs is 1. The van der Waals surface area contributed by atoms with E-state index in [1.54, 1.807) is 24.3 Å². The first-order valence-corrected chi connectivity index (χ1v) is 6.38. The topological polar surface area (TPSA) is 85.5 Å². The van der Waals surface area contributed by atoms with E-state index in [0.29, 0.717) is 11.3 Å². The molecule has 1 aromatic rings. The number of esters is 2. The standard InChI is InChI=1S/C13H11NO5S/c1-18-11(15)10(12(16)19-2)7-3-5-8-9(6-4-7)20-13(17)14-8/h3-6H,1-2H3,(H,14,17). The number of allylic oxidation sites excluding steroid dienone is 3. The van der Waals surface area contributed by atoms with Gasteiger partial charge in [-0.15, -0.1) is 0 Å². The van der Waals surface area contributed by atoms with E-state index in [1.165, 1.54) is 14.2 Å². The van der Waals surface area contributed by atoms with Crippen molar-refractivity contribution in [2.45, 2.75) is 0 Å². The SMILES string of the molecule is COC(=O)C(C(=O)OC)=C1C=Cc2[nH]c(=O)sc2C=C1. The number of hydrogen-bond donors (Lipinski definition) is 1. The van der Waals surface area contributed by atoms with Crippen molar-refractivity contribution in [1.29, 1.82) is 0 Å². The monoisotopic (exact) mass is 293 g/mol. The third-order valence-electron chi connectivity index (χ3n) is 2.62. The Labute approximate surface area is 118 Å². The molecular weight excluding hydrogens is 282 g/mol. The van der Waals surface area contributed by atoms with Gasteiger partial charge in [0.05, 0.1) is 24.8 Å². The fraction of sp³-hybridized carbons (Fsp3) is 0.154. The third kappa shape index (κ3) is 2.62. The zero-order valence-corrected chi connectivity index (χ0v) is 11.6. The van der Waals surface area contributed by atoms with Gasteiger partial charge >= 0.3 is 16.8 Å². The van der Waals surface area contributed by atoms with E-state index in [-0.39, 0.29) is 10.4 Å². The summed E-state index contributed by atoms with van der Waals surface area (Å²) in [4.78, 5) is 37.8. The summed E-state index contributed by atoms with van der Waals surface area (Å²) in [6, 6.07) is 0. The molecule has 1 aliphatic carbocycles. The Kier molecular flexibility index (Phi) is 3.99. The van der Waals surface area contributed by atoms with Crippen LogP contribution >= 0.6 is 11.3 Å². The minimum absolute atomic E-state index is 0.169. The second-order valence-electron chi connectivity index (χ2n) is 3.77. The van der Waals surface area contributed by atoms with Gasteiger partial charge in [0.1, 0.15) is 0 Å². The van der Waals surface area contributed by atoms with Gasteiger partial charge in [-0.05, 0) is 17.7 Å². The van der Waals surface area contributed by atoms with Crippen LogP contribution in [-0.2, 0) is 19.1 Å². The molecule has 1 heterocycles. The molecule has 104 valence electrons. The van der Waals surface area contributed by atoms with E-state index in [1.807, 2.05) is 0 Å². The Morgan fingerprint density at radius 3 is 2.25 bits per heavy atom. The van der Waals surface area contributed by atoms with Crippen LogP contribution in [0.25, 0.3) is 12.2 Å². The van der Waals surface area contributed by atoms with Gasteiger partial charge in [0, 0.05) is 0 Å². The van der Waals surface area contributed by atoms with Gasteiger partial charge < -0.3 is 14.5 Å². The lowest BCUT2D eigenvalue weighted by Crippen LogP contribution is -2.17. The van der Waals surface area contributed by atoms with Crippen LogP contribution in [0.1, 0.15) is 10.6 Å². The van der Waals surface area contributed by atoms with Crippen LogP contribution in [0.5, 0.6) is 0 Å². The van der Waals surface area contributed by atoms with E-state index < -0.39 is 11.9 Å². The maximum absolute atomic E-state index is 11.7. The van der Waals surface area contributed by atoms with E-state index >= 15 is 0 Å². The molecule has 0 atom stereocenters. The average Bonchev–Trinajstić information content (AvgIpc) is 2.70. The van der Waals surface area contributed by atoms with Crippen LogP contribution in [-0.4, -0.2) is 31.1 Å². The summed E-state index contributed by atoms with van der Waals surface area (Å²) in [7, 11) is 2.37. The molecule has 6 nitrogen and oxygen atoms in total. The van der Waals surface area contributed by atoms with Crippen LogP contribution in [0.2, 0.25) is 0 Å². The van der Waals surface area contributed by atoms with Crippen LogP contribution in [0.15, 0.2) is 28.1 Å². The number of H-pyrrole nitrogens is 1. The van der Waals surface area contributed by atoms with Crippen LogP contribution in [0.4, 0.5) is 0 Å². The Balaban J connectivity index is 2.53. The highest BCUT2D eigenvalue weighted by atomic mass is 32.1. The normalized spacial score (nSPS) is 12.6. The number of aromatic amines is 1. The second kappa shape index (κ2) is 5.70. The number of thiazole rings is 1. The first kappa shape index (κ1) is 14.0. The molecule has 0 fully saturated rings. The molecule has 0 unspecified atom stereocenters. The van der Waals surface area contributed by atoms with E-state index in [0.717, 1.165) is 16.2 Å². The summed E-state index contributed by atoms with van der Waals surface area (Å²) in [6.07, 6.45) is 6.39. The predicted octanol–water partition coefficient (Wildman–Crippen LogP) is 1.12. The van der Waals surface area contributed by atoms with Crippen molar-refractivity contribution in [2.24, 2.45) is 0 Å². The first-order chi connectivity index (χ1) is 9.56. The lowest BCUT2D eigenvalue weighted by Gasteiger charge is -2.05. The summed E-state index contributed by atoms with van der Waals surface area (Å²) in [5, 5.41) is 0. The second-order valence-corrected chi connectivity index (χ2v) is 4.79. The molecular formula is C13H11NO5S. The molecule has 1 N–H and O–H groups in total. The maximum Gasteiger partial charge on any atom is 0.345 e. The van der Waals surface area contributed by atoms with Gasteiger partial charge in [-0.1, -0.05) is 23.5 Å². The highest BCUT2D eigenvalue weighted by molar-refractivity contribution is 7.10. The molecule has 20 heavy (non-hydrogen) atoms. The van der Waals surface area contributed by atoms with Crippen molar-refractivity contribution in [3.63, 3.8) is 0 Å². The maximum atomic E-state index is 11.7. The lowest BCUT2D eigenvalue weighted by molar-refractivity contribution is -0.144. The smallest absolute Gasteiger partial charge is 0.345 e. The summed E-state index contributed by atoms with van der Waals surface area (Å²) in [5.41, 5.74) is 0.785. The van der Waals surface area contributed by atoms with Gasteiger partial charge in [0.2, 0.25) is 0 Å². The Morgan fingerprint density at radius 1 is 1.05 bits per heavy atom. The number of rotatable bonds is 2. The van der Waals surface area contributed by atoms with Crippen molar-refractivity contribution < 1.29 is 19.1 Å². The fourth-order valence-electron chi connectivity index (χ4n) is 1.68. The molecule has 1 aromatic heterocycles. The van der Waals surface area contributed by atoms with Crippen LogP contribution in [0, 0.1) is 0 Å². The van der Waals surface area contributed by atoms with Gasteiger partial charge in [-0.2, -0.15) is 0 Å². The Bertz CT molecular complexity index is 650. The van der Waals surface area contributed by atoms with Crippen molar-refractivity contribution in [1.82, 2.24) is 4.98 Å². The zero-order chi connectivity index (χ0) is 14.7. The minimum Gasteiger partial charge on any atom is -0.465 e. The van der Waals surface area contributed by atoms with Gasteiger partial charge in [0.15, 0.2) is 5.57 Å². The number of hydrogen-bond acceptors (Lipinski definition) is 6. The Morgan fingerprint density at radius 2 is 1.65 bits per heavy atom. The lowest BCUT2D eigenvalue weighted by atomic mass is 10.1. The third-order valence-corrected chi connectivity index (χ3v) is 3.48. The molecule has 0 radical (unpaired) electrons. The van der Waals surface area contributed by atoms with E-state index in [2.05, 4.69) is 14.5 Å². The molecule has 0 bridgehead atoms. The molecule has 2 rings (SSSR count). The quantitative estimate of drug-likeness (QED) is 0.382. The molecule has 0 aromatic carbocycles. The molecule has 0 spiro atoms. The molecule has 0 aliphatic heterocycles. The summed E-state index contributed by atoms with van der Waals surface area (Å²) in [5.74, 6) is -1.56. The number of ether oxygens (including phenoxy) is 2. The number of nitrogens with one attached hydrogen (secondary N) is 1. The van der Waals surface area contributed by atoms with Crippen molar-refractivity contribution in [3.8, 4) is 0 Å². The van der Waals surface area contributed by atoms with Crippen molar-refractivity contribution in [3.05, 3.63) is 43.5 Å². The predicted molar refractivity (Wildman–Crippen MR) is 74.1 cm³/mol. The van der Waals surface area contributed by atoms with Crippen molar-refractivity contribution >= 4 is 35.4 Å². The highest BCUT2D eigenvalue weighted by Gasteiger charge is 2.23. The van der Waals surface area contributed by atoms with Gasteiger partial charge in [0.25, 0.3) is 0 Å². The number of carbonyl (C=O) groups excluding carboxylic acids is 2. The highest BCUT2D eigenvalue weighted by Crippen LogP contribution is 2.22. The van der Waals surface area contributed by atoms with Gasteiger partial charge in [-0.3, -0.25) is 4.79 Å². The van der Waals surface area contributed by atoms with E-state index in [9.17, 15) is 14.4 Å². The number of aromatic nitrogens is 1. The molecule has 0 amide bonds. The first-order valence-electron chi connectivity index (χ1n) is 5.57. The van der Waals surface area contributed by atoms with E-state index in [4.69, 9.17) is 0 Å². The number of methoxy groups -OCH3 is 2. The largest absolute Gasteiger partial charge is 0.465 e. The van der Waals surface area contributed by atoms with Crippen LogP contribution < -0.4 is 4.87 Å². The fourth-order valence-corrected chi connectivity index (χ4v) is 2.41. The van der Waals surface area contributed by atoms with Gasteiger partial charge in [-0.25, -0.2) is 9.59 Å². The zero-order valence-electron chi connectivity index (χ0n) is 10.8. The molecule has 7 heteroatoms. The molecule has 0 saturated heterocycles. The minimum atomic E-state index is -0.778. The van der Waals surface area contributed by atoms with Crippen molar-refractivity contribution in [2.75, 3.05) is 14.2 Å². The molecule has 1 aliphatic rings. The average molecular weight is 293 g/mol. The summed E-state index contributed by atoms with van der Waals surface area (Å²) >= 11 is 1.04. The Hall–Kier alpha value is -2.41. The summed E-state index contributed by atoms with van der Waals surface area (Å²) in [6.45, 7) is 0. The molecule has 0 saturated carbocycles. The summed E-state index contributed by atoms with van der Waals surface area (Å²) < 4.78 is 9.17.